The minimum Gasteiger partial charge on any atom is -0.477 e. The molecule has 0 amide bonds. The summed E-state index contributed by atoms with van der Waals surface area (Å²) in [6.45, 7) is 8.23. The molecule has 1 fully saturated rings. The van der Waals surface area contributed by atoms with Gasteiger partial charge in [-0.15, -0.1) is 0 Å². The van der Waals surface area contributed by atoms with Gasteiger partial charge in [0.2, 0.25) is 0 Å². The van der Waals surface area contributed by atoms with Gasteiger partial charge < -0.3 is 10.0 Å². The van der Waals surface area contributed by atoms with E-state index < -0.39 is 5.97 Å². The molecular weight excluding hydrogens is 280 g/mol. The van der Waals surface area contributed by atoms with Crippen LogP contribution in [0, 0.1) is 0 Å². The number of carbonyl (C=O) groups is 1. The third kappa shape index (κ3) is 3.23. The molecule has 1 aromatic heterocycles. The number of hydrogen-bond acceptors (Lipinski definition) is 5. The van der Waals surface area contributed by atoms with Crippen molar-refractivity contribution >= 4 is 34.2 Å². The van der Waals surface area contributed by atoms with Crippen LogP contribution >= 0.6 is 23.1 Å². The smallest absolute Gasteiger partial charge is 0.347 e. The van der Waals surface area contributed by atoms with Crippen LogP contribution in [0.5, 0.6) is 0 Å². The fraction of sp³-hybridized carbons (Fsp3) is 0.692. The summed E-state index contributed by atoms with van der Waals surface area (Å²) >= 11 is 3.29. The van der Waals surface area contributed by atoms with E-state index in [0.717, 1.165) is 36.1 Å². The van der Waals surface area contributed by atoms with Gasteiger partial charge in [-0.3, -0.25) is 0 Å². The zero-order valence-electron chi connectivity index (χ0n) is 11.5. The van der Waals surface area contributed by atoms with Crippen molar-refractivity contribution in [3.8, 4) is 0 Å². The normalized spacial score (nSPS) is 21.4. The number of aromatic carboxylic acids is 1. The molecule has 4 nitrogen and oxygen atoms in total. The third-order valence-electron chi connectivity index (χ3n) is 3.43. The van der Waals surface area contributed by atoms with Gasteiger partial charge in [0.25, 0.3) is 0 Å². The lowest BCUT2D eigenvalue weighted by molar-refractivity contribution is 0.0700. The van der Waals surface area contributed by atoms with Crippen LogP contribution in [0.25, 0.3) is 0 Å². The van der Waals surface area contributed by atoms with Crippen LogP contribution in [0.15, 0.2) is 0 Å². The fourth-order valence-electron chi connectivity index (χ4n) is 2.13. The van der Waals surface area contributed by atoms with Crippen LogP contribution in [0.4, 0.5) is 5.13 Å². The Bertz CT molecular complexity index is 461. The zero-order valence-corrected chi connectivity index (χ0v) is 13.2. The summed E-state index contributed by atoms with van der Waals surface area (Å²) in [6, 6.07) is 0. The van der Waals surface area contributed by atoms with Crippen molar-refractivity contribution in [2.45, 2.75) is 38.4 Å². The lowest BCUT2D eigenvalue weighted by Gasteiger charge is -2.30. The van der Waals surface area contributed by atoms with E-state index in [1.165, 1.54) is 11.3 Å². The molecule has 0 bridgehead atoms. The molecule has 2 heterocycles. The molecule has 106 valence electrons. The molecule has 6 heteroatoms. The average molecular weight is 300 g/mol. The number of thioether (sulfide) groups is 1. The zero-order chi connectivity index (χ0) is 14.0. The molecule has 1 aliphatic heterocycles. The quantitative estimate of drug-likeness (QED) is 0.924. The molecule has 2 unspecified atom stereocenters. The van der Waals surface area contributed by atoms with E-state index in [0.29, 0.717) is 10.1 Å². The molecule has 0 aromatic carbocycles. The molecule has 1 aromatic rings. The Morgan fingerprint density at radius 1 is 1.63 bits per heavy atom. The lowest BCUT2D eigenvalue weighted by atomic mass is 10.0. The first-order valence-electron chi connectivity index (χ1n) is 6.63. The van der Waals surface area contributed by atoms with Gasteiger partial charge in [-0.1, -0.05) is 32.1 Å². The van der Waals surface area contributed by atoms with E-state index in [4.69, 9.17) is 0 Å². The fourth-order valence-corrected chi connectivity index (χ4v) is 4.20. The number of thiazole rings is 1. The Hall–Kier alpha value is -0.750. The van der Waals surface area contributed by atoms with Crippen LogP contribution in [0.3, 0.4) is 0 Å². The molecule has 1 saturated heterocycles. The Kier molecular flexibility index (Phi) is 4.73. The van der Waals surface area contributed by atoms with Gasteiger partial charge in [-0.05, 0) is 12.3 Å². The maximum atomic E-state index is 11.4. The molecule has 0 spiro atoms. The summed E-state index contributed by atoms with van der Waals surface area (Å²) in [7, 11) is 0. The van der Waals surface area contributed by atoms with E-state index in [1.54, 1.807) is 0 Å². The second-order valence-electron chi connectivity index (χ2n) is 4.95. The Balaban J connectivity index is 2.29. The Morgan fingerprint density at radius 2 is 2.37 bits per heavy atom. The third-order valence-corrected chi connectivity index (χ3v) is 5.68. The number of aromatic nitrogens is 1. The second-order valence-corrected chi connectivity index (χ2v) is 7.48. The highest BCUT2D eigenvalue weighted by Crippen LogP contribution is 2.34. The lowest BCUT2D eigenvalue weighted by Crippen LogP contribution is -2.36. The molecule has 2 atom stereocenters. The van der Waals surface area contributed by atoms with Crippen molar-refractivity contribution in [2.24, 2.45) is 0 Å². The van der Waals surface area contributed by atoms with E-state index >= 15 is 0 Å². The van der Waals surface area contributed by atoms with Gasteiger partial charge >= 0.3 is 5.97 Å². The summed E-state index contributed by atoms with van der Waals surface area (Å²) in [4.78, 5) is 18.6. The number of carboxylic acid groups (broad SMARTS) is 1. The van der Waals surface area contributed by atoms with Gasteiger partial charge in [0.05, 0.1) is 5.69 Å². The van der Waals surface area contributed by atoms with E-state index in [-0.39, 0.29) is 5.92 Å². The maximum absolute atomic E-state index is 11.4. The molecule has 0 aliphatic carbocycles. The van der Waals surface area contributed by atoms with E-state index in [2.05, 4.69) is 23.7 Å². The Morgan fingerprint density at radius 3 is 2.95 bits per heavy atom. The highest BCUT2D eigenvalue weighted by molar-refractivity contribution is 8.00. The standard InChI is InChI=1S/C13H20N2O2S2/c1-4-8(2)10-11(12(16)17)19-13(14-10)15-5-6-18-9(3)7-15/h8-9H,4-7H2,1-3H3,(H,16,17). The van der Waals surface area contributed by atoms with Crippen molar-refractivity contribution in [1.29, 1.82) is 0 Å². The summed E-state index contributed by atoms with van der Waals surface area (Å²) in [5, 5.41) is 10.8. The molecular formula is C13H20N2O2S2. The minimum atomic E-state index is -0.849. The number of carboxylic acids is 1. The van der Waals surface area contributed by atoms with Crippen LogP contribution in [0.1, 0.15) is 48.5 Å². The van der Waals surface area contributed by atoms with Gasteiger partial charge in [0.15, 0.2) is 5.13 Å². The Labute approximate surface area is 122 Å². The van der Waals surface area contributed by atoms with Crippen molar-refractivity contribution in [3.05, 3.63) is 10.6 Å². The highest BCUT2D eigenvalue weighted by Gasteiger charge is 2.25. The summed E-state index contributed by atoms with van der Waals surface area (Å²) in [5.41, 5.74) is 0.751. The van der Waals surface area contributed by atoms with Crippen molar-refractivity contribution in [1.82, 2.24) is 4.98 Å². The molecule has 0 radical (unpaired) electrons. The first kappa shape index (κ1) is 14.7. The highest BCUT2D eigenvalue weighted by atomic mass is 32.2. The van der Waals surface area contributed by atoms with Crippen molar-refractivity contribution in [2.75, 3.05) is 23.7 Å². The summed E-state index contributed by atoms with van der Waals surface area (Å²) in [6.07, 6.45) is 0.912. The van der Waals surface area contributed by atoms with E-state index in [9.17, 15) is 9.90 Å². The number of hydrogen-bond donors (Lipinski definition) is 1. The van der Waals surface area contributed by atoms with Gasteiger partial charge in [-0.25, -0.2) is 9.78 Å². The predicted molar refractivity (Wildman–Crippen MR) is 81.9 cm³/mol. The maximum Gasteiger partial charge on any atom is 0.347 e. The summed E-state index contributed by atoms with van der Waals surface area (Å²) in [5.74, 6) is 0.438. The van der Waals surface area contributed by atoms with Gasteiger partial charge in [0, 0.05) is 24.1 Å². The van der Waals surface area contributed by atoms with Gasteiger partial charge in [0.1, 0.15) is 4.88 Å². The first-order chi connectivity index (χ1) is 9.02. The molecule has 0 saturated carbocycles. The SMILES string of the molecule is CCC(C)c1nc(N2CCSC(C)C2)sc1C(=O)O. The predicted octanol–water partition coefficient (Wildman–Crippen LogP) is 3.30. The number of nitrogens with zero attached hydrogens (tertiary/aromatic N) is 2. The minimum absolute atomic E-state index is 0.202. The molecule has 1 N–H and O–H groups in total. The van der Waals surface area contributed by atoms with Crippen molar-refractivity contribution in [3.63, 3.8) is 0 Å². The monoisotopic (exact) mass is 300 g/mol. The van der Waals surface area contributed by atoms with Crippen molar-refractivity contribution < 1.29 is 9.90 Å². The van der Waals surface area contributed by atoms with Crippen LogP contribution in [-0.4, -0.2) is 40.2 Å². The number of rotatable bonds is 4. The van der Waals surface area contributed by atoms with Crippen LogP contribution in [-0.2, 0) is 0 Å². The summed E-state index contributed by atoms with van der Waals surface area (Å²) < 4.78 is 0. The average Bonchev–Trinajstić information content (AvgIpc) is 2.83. The molecule has 1 aliphatic rings. The van der Waals surface area contributed by atoms with Crippen LogP contribution in [0.2, 0.25) is 0 Å². The topological polar surface area (TPSA) is 53.4 Å². The van der Waals surface area contributed by atoms with Crippen LogP contribution < -0.4 is 4.90 Å². The first-order valence-corrected chi connectivity index (χ1v) is 8.50. The second kappa shape index (κ2) is 6.13. The molecule has 19 heavy (non-hydrogen) atoms. The number of anilines is 1. The van der Waals surface area contributed by atoms with Gasteiger partial charge in [-0.2, -0.15) is 11.8 Å². The molecule has 2 rings (SSSR count). The van der Waals surface area contributed by atoms with E-state index in [1.807, 2.05) is 18.7 Å². The largest absolute Gasteiger partial charge is 0.477 e.